The fourth-order valence-electron chi connectivity index (χ4n) is 4.79. The Hall–Kier alpha value is -3.20. The molecule has 0 saturated heterocycles. The van der Waals surface area contributed by atoms with Gasteiger partial charge in [-0.1, -0.05) is 37.6 Å². The molecule has 9 heteroatoms. The van der Waals surface area contributed by atoms with Crippen molar-refractivity contribution in [2.24, 2.45) is 5.92 Å². The third-order valence-corrected chi connectivity index (χ3v) is 7.75. The lowest BCUT2D eigenvalue weighted by Crippen LogP contribution is -2.55. The van der Waals surface area contributed by atoms with E-state index in [1.807, 2.05) is 45.2 Å². The first-order valence-corrected chi connectivity index (χ1v) is 16.4. The Morgan fingerprint density at radius 3 is 2.16 bits per heavy atom. The zero-order chi connectivity index (χ0) is 32.3. The second-order valence-electron chi connectivity index (χ2n) is 12.5. The van der Waals surface area contributed by atoms with Gasteiger partial charge in [0, 0.05) is 11.7 Å². The Bertz CT molecular complexity index is 1210. The summed E-state index contributed by atoms with van der Waals surface area (Å²) in [5.74, 6) is 1.09. The standard InChI is InChI=1S/C34H51N3O5S/c1-22(2)11-14-25(5)37(32(39)29(19-20-43-10)36-33(40)42-34(6,7)8)30(28-21-23(3)12-13-24(28)4)31(38)35-26-15-17-27(41-9)18-16-26/h12-13,15-18,21-22,25,29-30H,11,14,19-20H2,1-10H3,(H,35,38)(H,36,40). The summed E-state index contributed by atoms with van der Waals surface area (Å²) in [6.07, 6.45) is 3.26. The number of rotatable bonds is 14. The maximum Gasteiger partial charge on any atom is 0.408 e. The molecule has 0 radical (unpaired) electrons. The van der Waals surface area contributed by atoms with Crippen LogP contribution in [0.1, 0.15) is 83.5 Å². The largest absolute Gasteiger partial charge is 0.497 e. The highest BCUT2D eigenvalue weighted by molar-refractivity contribution is 7.98. The smallest absolute Gasteiger partial charge is 0.408 e. The van der Waals surface area contributed by atoms with Gasteiger partial charge in [-0.15, -0.1) is 0 Å². The Balaban J connectivity index is 2.66. The number of hydrogen-bond acceptors (Lipinski definition) is 6. The minimum atomic E-state index is -0.936. The van der Waals surface area contributed by atoms with Crippen LogP contribution < -0.4 is 15.4 Å². The summed E-state index contributed by atoms with van der Waals surface area (Å²) in [6, 6.07) is 11.0. The van der Waals surface area contributed by atoms with Crippen molar-refractivity contribution in [3.8, 4) is 5.75 Å². The van der Waals surface area contributed by atoms with E-state index in [1.54, 1.807) is 68.8 Å². The van der Waals surface area contributed by atoms with Gasteiger partial charge in [0.25, 0.3) is 5.91 Å². The van der Waals surface area contributed by atoms with E-state index in [1.165, 1.54) is 0 Å². The molecular formula is C34H51N3O5S. The predicted molar refractivity (Wildman–Crippen MR) is 177 cm³/mol. The van der Waals surface area contributed by atoms with Gasteiger partial charge in [0.15, 0.2) is 0 Å². The normalized spacial score (nSPS) is 13.6. The van der Waals surface area contributed by atoms with Crippen LogP contribution in [0.25, 0.3) is 0 Å². The molecule has 2 N–H and O–H groups in total. The van der Waals surface area contributed by atoms with Crippen molar-refractivity contribution in [1.29, 1.82) is 0 Å². The average molecular weight is 614 g/mol. The topological polar surface area (TPSA) is 97.0 Å². The number of nitrogens with zero attached hydrogens (tertiary/aromatic N) is 1. The number of benzene rings is 2. The highest BCUT2D eigenvalue weighted by Gasteiger charge is 2.39. The second-order valence-corrected chi connectivity index (χ2v) is 13.5. The number of methoxy groups -OCH3 is 1. The van der Waals surface area contributed by atoms with Gasteiger partial charge in [-0.2, -0.15) is 11.8 Å². The van der Waals surface area contributed by atoms with Crippen molar-refractivity contribution < 1.29 is 23.9 Å². The van der Waals surface area contributed by atoms with Crippen LogP contribution in [0.4, 0.5) is 10.5 Å². The fraction of sp³-hybridized carbons (Fsp3) is 0.559. The Labute approximate surface area is 262 Å². The van der Waals surface area contributed by atoms with Gasteiger partial charge < -0.3 is 25.0 Å². The number of hydrogen-bond donors (Lipinski definition) is 2. The highest BCUT2D eigenvalue weighted by atomic mass is 32.2. The highest BCUT2D eigenvalue weighted by Crippen LogP contribution is 2.32. The quantitative estimate of drug-likeness (QED) is 0.232. The van der Waals surface area contributed by atoms with E-state index in [-0.39, 0.29) is 17.9 Å². The second kappa shape index (κ2) is 16.6. The van der Waals surface area contributed by atoms with Crippen molar-refractivity contribution in [1.82, 2.24) is 10.2 Å². The summed E-state index contributed by atoms with van der Waals surface area (Å²) in [5, 5.41) is 5.87. The molecule has 0 aromatic heterocycles. The minimum Gasteiger partial charge on any atom is -0.497 e. The van der Waals surface area contributed by atoms with E-state index in [0.717, 1.165) is 23.1 Å². The van der Waals surface area contributed by atoms with Gasteiger partial charge in [-0.05, 0) is 114 Å². The summed E-state index contributed by atoms with van der Waals surface area (Å²) < 4.78 is 10.8. The average Bonchev–Trinajstić information content (AvgIpc) is 2.93. The van der Waals surface area contributed by atoms with Crippen molar-refractivity contribution in [3.63, 3.8) is 0 Å². The fourth-order valence-corrected chi connectivity index (χ4v) is 5.26. The maximum atomic E-state index is 14.6. The van der Waals surface area contributed by atoms with Crippen LogP contribution in [0.5, 0.6) is 5.75 Å². The number of thioether (sulfide) groups is 1. The van der Waals surface area contributed by atoms with Gasteiger partial charge in [0.05, 0.1) is 7.11 Å². The molecule has 3 amide bonds. The molecule has 0 fully saturated rings. The summed E-state index contributed by atoms with van der Waals surface area (Å²) in [5.41, 5.74) is 2.50. The van der Waals surface area contributed by atoms with Gasteiger partial charge in [0.1, 0.15) is 23.4 Å². The first-order valence-electron chi connectivity index (χ1n) is 15.0. The lowest BCUT2D eigenvalue weighted by atomic mass is 9.93. The summed E-state index contributed by atoms with van der Waals surface area (Å²) >= 11 is 1.59. The Kier molecular flexibility index (Phi) is 13.9. The first kappa shape index (κ1) is 36.0. The van der Waals surface area contributed by atoms with Crippen LogP contribution in [0.3, 0.4) is 0 Å². The van der Waals surface area contributed by atoms with Gasteiger partial charge in [-0.25, -0.2) is 4.79 Å². The number of carbonyl (C=O) groups is 3. The number of aryl methyl sites for hydroxylation is 2. The molecule has 2 aromatic rings. The lowest BCUT2D eigenvalue weighted by molar-refractivity contribution is -0.143. The van der Waals surface area contributed by atoms with Gasteiger partial charge >= 0.3 is 6.09 Å². The molecular weight excluding hydrogens is 562 g/mol. The van der Waals surface area contributed by atoms with Crippen LogP contribution in [-0.4, -0.2) is 59.6 Å². The van der Waals surface area contributed by atoms with Crippen LogP contribution in [0.2, 0.25) is 0 Å². The number of anilines is 1. The molecule has 238 valence electrons. The molecule has 0 saturated carbocycles. The van der Waals surface area contributed by atoms with Crippen LogP contribution in [0.15, 0.2) is 42.5 Å². The molecule has 0 heterocycles. The first-order chi connectivity index (χ1) is 20.2. The van der Waals surface area contributed by atoms with Gasteiger partial charge in [-0.3, -0.25) is 9.59 Å². The number of nitrogens with one attached hydrogen (secondary N) is 2. The molecule has 0 spiro atoms. The third-order valence-electron chi connectivity index (χ3n) is 7.10. The van der Waals surface area contributed by atoms with Crippen LogP contribution in [-0.2, 0) is 14.3 Å². The van der Waals surface area contributed by atoms with E-state index < -0.39 is 23.8 Å². The summed E-state index contributed by atoms with van der Waals surface area (Å²) in [7, 11) is 1.59. The van der Waals surface area contributed by atoms with Crippen LogP contribution >= 0.6 is 11.8 Å². The molecule has 0 aliphatic heterocycles. The molecule has 0 aliphatic carbocycles. The zero-order valence-electron chi connectivity index (χ0n) is 27.6. The third kappa shape index (κ3) is 11.4. The number of ether oxygens (including phenoxy) is 2. The minimum absolute atomic E-state index is 0.293. The molecule has 43 heavy (non-hydrogen) atoms. The Morgan fingerprint density at radius 1 is 0.953 bits per heavy atom. The number of alkyl carbamates (subject to hydrolysis) is 1. The molecule has 2 rings (SSSR count). The molecule has 3 unspecified atom stereocenters. The van der Waals surface area contributed by atoms with E-state index in [2.05, 4.69) is 24.5 Å². The van der Waals surface area contributed by atoms with Crippen molar-refractivity contribution in [2.75, 3.05) is 24.4 Å². The number of carbonyl (C=O) groups excluding carboxylic acids is 3. The molecule has 2 aromatic carbocycles. The monoisotopic (exact) mass is 613 g/mol. The summed E-state index contributed by atoms with van der Waals surface area (Å²) in [6.45, 7) is 15.5. The Morgan fingerprint density at radius 2 is 1.60 bits per heavy atom. The van der Waals surface area contributed by atoms with E-state index in [4.69, 9.17) is 9.47 Å². The SMILES string of the molecule is COc1ccc(NC(=O)C(c2cc(C)ccc2C)N(C(=O)C(CCSC)NC(=O)OC(C)(C)C)C(C)CCC(C)C)cc1. The maximum absolute atomic E-state index is 14.6. The van der Waals surface area contributed by atoms with Gasteiger partial charge in [0.2, 0.25) is 5.91 Å². The molecule has 0 bridgehead atoms. The van der Waals surface area contributed by atoms with Crippen molar-refractivity contribution in [3.05, 3.63) is 59.2 Å². The van der Waals surface area contributed by atoms with E-state index >= 15 is 0 Å². The molecule has 3 atom stereocenters. The van der Waals surface area contributed by atoms with E-state index in [0.29, 0.717) is 35.9 Å². The molecule has 8 nitrogen and oxygen atoms in total. The zero-order valence-corrected chi connectivity index (χ0v) is 28.4. The lowest BCUT2D eigenvalue weighted by Gasteiger charge is -2.39. The van der Waals surface area contributed by atoms with E-state index in [9.17, 15) is 14.4 Å². The van der Waals surface area contributed by atoms with Crippen molar-refractivity contribution in [2.45, 2.75) is 98.4 Å². The van der Waals surface area contributed by atoms with Crippen LogP contribution in [0, 0.1) is 19.8 Å². The summed E-state index contributed by atoms with van der Waals surface area (Å²) in [4.78, 5) is 43.5. The molecule has 0 aliphatic rings. The number of amides is 3. The predicted octanol–water partition coefficient (Wildman–Crippen LogP) is 7.29. The van der Waals surface area contributed by atoms with Crippen molar-refractivity contribution >= 4 is 35.4 Å².